The topological polar surface area (TPSA) is 57.4 Å². The lowest BCUT2D eigenvalue weighted by atomic mass is 9.91. The first-order valence-electron chi connectivity index (χ1n) is 27.1. The molecule has 0 aliphatic carbocycles. The van der Waals surface area contributed by atoms with Crippen molar-refractivity contribution in [2.45, 2.75) is 83.1 Å². The van der Waals surface area contributed by atoms with Gasteiger partial charge in [0, 0.05) is 21.5 Å². The van der Waals surface area contributed by atoms with Crippen LogP contribution in [-0.2, 0) is 0 Å². The summed E-state index contributed by atoms with van der Waals surface area (Å²) in [6.45, 7) is 26.3. The Balaban J connectivity index is 1.21. The fraction of sp³-hybridized carbons (Fsp3) is 0.162. The van der Waals surface area contributed by atoms with Crippen molar-refractivity contribution in [3.05, 3.63) is 236 Å². The molecule has 2 heterocycles. The van der Waals surface area contributed by atoms with Gasteiger partial charge in [0.15, 0.2) is 0 Å². The summed E-state index contributed by atoms with van der Waals surface area (Å²) in [6, 6.07) is 63.0. The first kappa shape index (κ1) is 49.6. The second-order valence-electron chi connectivity index (χ2n) is 22.4. The Morgan fingerprint density at radius 3 is 0.846 bits per heavy atom. The minimum absolute atomic E-state index is 0.526. The van der Waals surface area contributed by atoms with Gasteiger partial charge in [-0.2, -0.15) is 10.5 Å². The van der Waals surface area contributed by atoms with Crippen molar-refractivity contribution in [2.75, 3.05) is 0 Å². The fourth-order valence-electron chi connectivity index (χ4n) is 13.8. The number of hydrogen-bond donors (Lipinski definition) is 0. The van der Waals surface area contributed by atoms with E-state index in [-0.39, 0.29) is 0 Å². The second kappa shape index (κ2) is 18.8. The molecule has 0 N–H and O–H groups in total. The smallest absolute Gasteiger partial charge is 0.104 e. The lowest BCUT2D eigenvalue weighted by Gasteiger charge is -2.19. The minimum atomic E-state index is 0.526. The van der Waals surface area contributed by atoms with Gasteiger partial charge >= 0.3 is 0 Å². The van der Waals surface area contributed by atoms with E-state index in [1.165, 1.54) is 89.0 Å². The van der Waals surface area contributed by atoms with Gasteiger partial charge in [-0.3, -0.25) is 0 Å². The van der Waals surface area contributed by atoms with E-state index in [4.69, 9.17) is 0 Å². The molecule has 4 nitrogen and oxygen atoms in total. The molecule has 12 rings (SSSR count). The van der Waals surface area contributed by atoms with E-state index >= 15 is 0 Å². The van der Waals surface area contributed by atoms with Crippen LogP contribution in [0.15, 0.2) is 158 Å². The SMILES string of the molecule is Cc1cc(C)c(-c2ccc3c(c2)c2cc(-c4c(C)cc(C)cc4C)ccc2n3-c2cc(-c3ccccc3C#N)cc(-n3c4ccc(-c5c(C)cc(C)cc5C)cc4c4cc(-c5c(C)cc(C)cc5C)ccc43)c2C#N)c(C)c1. The molecular formula is C74H62N4. The molecular weight excluding hydrogens is 945 g/mol. The van der Waals surface area contributed by atoms with Gasteiger partial charge in [-0.05, 0) is 250 Å². The third kappa shape index (κ3) is 8.02. The molecule has 0 aliphatic rings. The molecule has 0 fully saturated rings. The lowest BCUT2D eigenvalue weighted by molar-refractivity contribution is 1.12. The second-order valence-corrected chi connectivity index (χ2v) is 22.4. The minimum Gasteiger partial charge on any atom is -0.308 e. The third-order valence-electron chi connectivity index (χ3n) is 16.4. The molecule has 4 heteroatoms. The molecule has 2 aromatic heterocycles. The van der Waals surface area contributed by atoms with Crippen molar-refractivity contribution < 1.29 is 0 Å². The van der Waals surface area contributed by atoms with Gasteiger partial charge in [-0.25, -0.2) is 0 Å². The average Bonchev–Trinajstić information content (AvgIpc) is 4.06. The normalized spacial score (nSPS) is 11.6. The van der Waals surface area contributed by atoms with Crippen LogP contribution in [0.1, 0.15) is 77.9 Å². The highest BCUT2D eigenvalue weighted by molar-refractivity contribution is 6.14. The van der Waals surface area contributed by atoms with Crippen molar-refractivity contribution in [1.82, 2.24) is 9.13 Å². The van der Waals surface area contributed by atoms with E-state index in [0.29, 0.717) is 11.1 Å². The zero-order chi connectivity index (χ0) is 54.6. The molecule has 0 unspecified atom stereocenters. The van der Waals surface area contributed by atoms with Crippen molar-refractivity contribution in [2.24, 2.45) is 0 Å². The van der Waals surface area contributed by atoms with E-state index in [0.717, 1.165) is 88.4 Å². The van der Waals surface area contributed by atoms with Crippen molar-refractivity contribution in [1.29, 1.82) is 10.5 Å². The summed E-state index contributed by atoms with van der Waals surface area (Å²) in [5.41, 5.74) is 32.6. The van der Waals surface area contributed by atoms with Crippen LogP contribution in [-0.4, -0.2) is 9.13 Å². The van der Waals surface area contributed by atoms with Gasteiger partial charge in [-0.15, -0.1) is 0 Å². The van der Waals surface area contributed by atoms with Crippen LogP contribution < -0.4 is 0 Å². The zero-order valence-electron chi connectivity index (χ0n) is 46.8. The van der Waals surface area contributed by atoms with Crippen LogP contribution in [0.25, 0.3) is 111 Å². The highest BCUT2D eigenvalue weighted by Gasteiger charge is 2.26. The zero-order valence-corrected chi connectivity index (χ0v) is 46.8. The Bertz CT molecular complexity index is 4070. The maximum atomic E-state index is 12.0. The maximum Gasteiger partial charge on any atom is 0.104 e. The van der Waals surface area contributed by atoms with E-state index in [1.54, 1.807) is 0 Å². The predicted octanol–water partition coefficient (Wildman–Crippen LogP) is 19.7. The molecule has 0 amide bonds. The maximum absolute atomic E-state index is 12.0. The van der Waals surface area contributed by atoms with E-state index < -0.39 is 0 Å². The number of nitriles is 2. The summed E-state index contributed by atoms with van der Waals surface area (Å²) >= 11 is 0. The Hall–Kier alpha value is -9.22. The van der Waals surface area contributed by atoms with Crippen LogP contribution >= 0.6 is 0 Å². The summed E-state index contributed by atoms with van der Waals surface area (Å²) in [7, 11) is 0. The Morgan fingerprint density at radius 2 is 0.577 bits per heavy atom. The van der Waals surface area contributed by atoms with Crippen molar-refractivity contribution >= 4 is 43.6 Å². The molecule has 78 heavy (non-hydrogen) atoms. The van der Waals surface area contributed by atoms with E-state index in [1.807, 2.05) is 24.3 Å². The molecule has 0 radical (unpaired) electrons. The standard InChI is InChI=1S/C74H62N4/c1-41-25-45(5)71(46(6)26-41)53-17-21-65-60(33-53)61-34-54(72-47(7)27-42(2)28-48(72)8)18-22-66(61)77(65)69-37-58(59-16-14-13-15-57(59)39-75)38-70(64(69)40-76)78-67-23-19-55(73-49(9)29-43(3)30-50(73)10)35-62(67)63-36-56(20-24-68(63)78)74-51(11)31-44(4)32-52(74)12/h13-38H,1-12H3. The predicted molar refractivity (Wildman–Crippen MR) is 329 cm³/mol. The van der Waals surface area contributed by atoms with Crippen LogP contribution in [0.2, 0.25) is 0 Å². The van der Waals surface area contributed by atoms with Crippen LogP contribution in [0.5, 0.6) is 0 Å². The summed E-state index contributed by atoms with van der Waals surface area (Å²) in [5.74, 6) is 0. The summed E-state index contributed by atoms with van der Waals surface area (Å²) in [4.78, 5) is 0. The number of nitrogens with zero attached hydrogens (tertiary/aromatic N) is 4. The Morgan fingerprint density at radius 1 is 0.295 bits per heavy atom. The summed E-state index contributed by atoms with van der Waals surface area (Å²) in [5, 5.41) is 27.1. The molecule has 0 aliphatic heterocycles. The summed E-state index contributed by atoms with van der Waals surface area (Å²) in [6.07, 6.45) is 0. The Labute approximate surface area is 458 Å². The fourth-order valence-corrected chi connectivity index (χ4v) is 13.8. The van der Waals surface area contributed by atoms with Crippen LogP contribution in [0, 0.1) is 106 Å². The van der Waals surface area contributed by atoms with Gasteiger partial charge < -0.3 is 9.13 Å². The van der Waals surface area contributed by atoms with Crippen LogP contribution in [0.3, 0.4) is 0 Å². The molecule has 0 spiro atoms. The average molecular weight is 1010 g/mol. The van der Waals surface area contributed by atoms with Crippen LogP contribution in [0.4, 0.5) is 0 Å². The molecule has 0 saturated heterocycles. The number of aromatic nitrogens is 2. The monoisotopic (exact) mass is 1010 g/mol. The van der Waals surface area contributed by atoms with Gasteiger partial charge in [-0.1, -0.05) is 113 Å². The quantitative estimate of drug-likeness (QED) is 0.160. The van der Waals surface area contributed by atoms with Gasteiger partial charge in [0.2, 0.25) is 0 Å². The number of benzene rings is 10. The van der Waals surface area contributed by atoms with Gasteiger partial charge in [0.05, 0.1) is 45.1 Å². The molecule has 0 saturated carbocycles. The van der Waals surface area contributed by atoms with Crippen molar-refractivity contribution in [3.8, 4) is 79.1 Å². The molecule has 0 bridgehead atoms. The first-order valence-corrected chi connectivity index (χ1v) is 27.1. The van der Waals surface area contributed by atoms with Crippen molar-refractivity contribution in [3.63, 3.8) is 0 Å². The molecule has 10 aromatic carbocycles. The summed E-state index contributed by atoms with van der Waals surface area (Å²) < 4.78 is 4.61. The number of aryl methyl sites for hydroxylation is 12. The third-order valence-corrected chi connectivity index (χ3v) is 16.4. The van der Waals surface area contributed by atoms with E-state index in [9.17, 15) is 10.5 Å². The van der Waals surface area contributed by atoms with E-state index in [2.05, 4.69) is 238 Å². The van der Waals surface area contributed by atoms with Gasteiger partial charge in [0.1, 0.15) is 11.6 Å². The van der Waals surface area contributed by atoms with Gasteiger partial charge in [0.25, 0.3) is 0 Å². The number of hydrogen-bond acceptors (Lipinski definition) is 2. The highest BCUT2D eigenvalue weighted by atomic mass is 15.0. The number of rotatable bonds is 7. The molecule has 378 valence electrons. The highest BCUT2D eigenvalue weighted by Crippen LogP contribution is 2.45. The Kier molecular flexibility index (Phi) is 12.0. The molecule has 0 atom stereocenters. The number of fused-ring (bicyclic) bond motifs is 6. The lowest BCUT2D eigenvalue weighted by Crippen LogP contribution is -2.05. The first-order chi connectivity index (χ1) is 37.5. The molecule has 12 aromatic rings. The largest absolute Gasteiger partial charge is 0.308 e.